The molecule has 0 atom stereocenters. The molecule has 5 rings (SSSR count). The summed E-state index contributed by atoms with van der Waals surface area (Å²) in [6.45, 7) is 0.219. The van der Waals surface area contributed by atoms with Crippen molar-refractivity contribution in [1.82, 2.24) is 4.90 Å². The molecule has 1 aliphatic heterocycles. The van der Waals surface area contributed by atoms with Crippen LogP contribution in [0, 0.1) is 0 Å². The van der Waals surface area contributed by atoms with Crippen molar-refractivity contribution in [2.24, 2.45) is 0 Å². The number of rotatable bonds is 6. The number of fused-ring (bicyclic) bond motifs is 1. The highest BCUT2D eigenvalue weighted by Gasteiger charge is 2.28. The van der Waals surface area contributed by atoms with Crippen molar-refractivity contribution in [2.45, 2.75) is 19.6 Å². The van der Waals surface area contributed by atoms with Gasteiger partial charge in [0, 0.05) is 24.2 Å². The lowest BCUT2D eigenvalue weighted by Gasteiger charge is -2.27. The highest BCUT2D eigenvalue weighted by atomic mass is 16.5. The first kappa shape index (κ1) is 27.3. The zero-order valence-electron chi connectivity index (χ0n) is 22.4. The molecule has 0 aliphatic carbocycles. The lowest BCUT2D eigenvalue weighted by Crippen LogP contribution is -2.44. The number of amides is 3. The average molecular weight is 548 g/mol. The summed E-state index contributed by atoms with van der Waals surface area (Å²) in [4.78, 5) is 55.6. The van der Waals surface area contributed by atoms with Gasteiger partial charge in [-0.15, -0.1) is 0 Å². The average Bonchev–Trinajstić information content (AvgIpc) is 3.05. The molecule has 0 unspecified atom stereocenters. The number of anilines is 2. The van der Waals surface area contributed by atoms with Crippen LogP contribution in [-0.4, -0.2) is 41.7 Å². The molecular weight excluding hydrogens is 518 g/mol. The van der Waals surface area contributed by atoms with Gasteiger partial charge in [-0.1, -0.05) is 78.9 Å². The van der Waals surface area contributed by atoms with E-state index in [0.29, 0.717) is 16.9 Å². The van der Waals surface area contributed by atoms with Gasteiger partial charge >= 0.3 is 12.0 Å². The number of carbonyl (C=O) groups is 4. The fourth-order valence-electron chi connectivity index (χ4n) is 4.62. The topological polar surface area (TPSA) is 96.0 Å². The van der Waals surface area contributed by atoms with Gasteiger partial charge in [0.2, 0.25) is 5.91 Å². The van der Waals surface area contributed by atoms with Crippen LogP contribution in [0.5, 0.6) is 0 Å². The first-order chi connectivity index (χ1) is 20.0. The summed E-state index contributed by atoms with van der Waals surface area (Å²) in [7, 11) is 0. The second-order valence-corrected chi connectivity index (χ2v) is 9.65. The Morgan fingerprint density at radius 1 is 0.780 bits per heavy atom. The van der Waals surface area contributed by atoms with Crippen LogP contribution >= 0.6 is 0 Å². The number of nitrogens with zero attached hydrogens (tertiary/aromatic N) is 2. The maximum Gasteiger partial charge on any atom is 0.338 e. The number of Topliss-reactive ketones (excluding diaryl/α,β-unsaturated/α-hetero) is 1. The highest BCUT2D eigenvalue weighted by Crippen LogP contribution is 2.26. The molecule has 0 saturated heterocycles. The molecule has 1 heterocycles. The third kappa shape index (κ3) is 6.86. The normalized spacial score (nSPS) is 13.5. The Labute approximate surface area is 238 Å². The van der Waals surface area contributed by atoms with Crippen LogP contribution in [0.25, 0.3) is 0 Å². The van der Waals surface area contributed by atoms with E-state index in [1.807, 2.05) is 60.7 Å². The first-order valence-corrected chi connectivity index (χ1v) is 13.3. The van der Waals surface area contributed by atoms with E-state index in [0.717, 1.165) is 11.1 Å². The summed E-state index contributed by atoms with van der Waals surface area (Å²) in [5.74, 6) is -0.999. The Balaban J connectivity index is 1.31. The predicted molar refractivity (Wildman–Crippen MR) is 156 cm³/mol. The molecule has 206 valence electrons. The summed E-state index contributed by atoms with van der Waals surface area (Å²) in [5.41, 5.74) is 3.37. The number of carbonyl (C=O) groups excluding carboxylic acids is 4. The van der Waals surface area contributed by atoms with E-state index in [2.05, 4.69) is 5.32 Å². The minimum atomic E-state index is -0.549. The highest BCUT2D eigenvalue weighted by molar-refractivity contribution is 6.07. The fourth-order valence-corrected chi connectivity index (χ4v) is 4.62. The lowest BCUT2D eigenvalue weighted by molar-refractivity contribution is -0.119. The van der Waals surface area contributed by atoms with Gasteiger partial charge in [0.05, 0.1) is 17.8 Å². The smallest absolute Gasteiger partial charge is 0.338 e. The van der Waals surface area contributed by atoms with Crippen molar-refractivity contribution < 1.29 is 23.9 Å². The molecule has 0 spiro atoms. The molecule has 4 aromatic rings. The number of esters is 1. The molecule has 0 saturated carbocycles. The van der Waals surface area contributed by atoms with E-state index in [4.69, 9.17) is 4.74 Å². The maximum absolute atomic E-state index is 13.6. The Kier molecular flexibility index (Phi) is 8.49. The molecule has 8 heteroatoms. The number of hydrogen-bond acceptors (Lipinski definition) is 5. The van der Waals surface area contributed by atoms with Crippen molar-refractivity contribution >= 4 is 35.1 Å². The van der Waals surface area contributed by atoms with Crippen molar-refractivity contribution in [3.8, 4) is 0 Å². The Bertz CT molecular complexity index is 1560. The monoisotopic (exact) mass is 547 g/mol. The Morgan fingerprint density at radius 3 is 2.22 bits per heavy atom. The quantitative estimate of drug-likeness (QED) is 0.313. The lowest BCUT2D eigenvalue weighted by atomic mass is 10.0. The van der Waals surface area contributed by atoms with Crippen molar-refractivity contribution in [3.05, 3.63) is 131 Å². The molecule has 1 N–H and O–H groups in total. The summed E-state index contributed by atoms with van der Waals surface area (Å²) >= 11 is 0. The van der Waals surface area contributed by atoms with Gasteiger partial charge in [-0.3, -0.25) is 9.59 Å². The maximum atomic E-state index is 13.6. The molecule has 8 nitrogen and oxygen atoms in total. The van der Waals surface area contributed by atoms with Crippen LogP contribution in [-0.2, 0) is 22.7 Å². The fraction of sp³-hybridized carbons (Fsp3) is 0.152. The number of hydrogen-bond donors (Lipinski definition) is 1. The third-order valence-electron chi connectivity index (χ3n) is 6.76. The van der Waals surface area contributed by atoms with Crippen molar-refractivity contribution in [2.75, 3.05) is 23.3 Å². The van der Waals surface area contributed by atoms with Crippen LogP contribution in [0.15, 0.2) is 109 Å². The van der Waals surface area contributed by atoms with Gasteiger partial charge in [-0.25, -0.2) is 9.59 Å². The molecular formula is C33H29N3O5. The van der Waals surface area contributed by atoms with Crippen LogP contribution in [0.2, 0.25) is 0 Å². The molecule has 3 amide bonds. The van der Waals surface area contributed by atoms with Gasteiger partial charge in [0.1, 0.15) is 13.2 Å². The van der Waals surface area contributed by atoms with Crippen LogP contribution in [0.4, 0.5) is 16.2 Å². The van der Waals surface area contributed by atoms with Gasteiger partial charge in [0.15, 0.2) is 5.78 Å². The van der Waals surface area contributed by atoms with Gasteiger partial charge in [-0.2, -0.15) is 0 Å². The number of urea groups is 1. The minimum Gasteiger partial charge on any atom is -0.457 e. The van der Waals surface area contributed by atoms with Crippen molar-refractivity contribution in [1.29, 1.82) is 0 Å². The van der Waals surface area contributed by atoms with E-state index >= 15 is 0 Å². The minimum absolute atomic E-state index is 0.0583. The molecule has 1 aliphatic rings. The van der Waals surface area contributed by atoms with Crippen molar-refractivity contribution in [3.63, 3.8) is 0 Å². The summed E-state index contributed by atoms with van der Waals surface area (Å²) in [6, 6.07) is 31.7. The number of para-hydroxylation sites is 1. The number of ether oxygens (including phenoxy) is 1. The van der Waals surface area contributed by atoms with E-state index in [1.54, 1.807) is 47.4 Å². The van der Waals surface area contributed by atoms with Crippen LogP contribution in [0.1, 0.15) is 38.3 Å². The van der Waals surface area contributed by atoms with Gasteiger partial charge in [0.25, 0.3) is 0 Å². The molecule has 0 radical (unpaired) electrons. The zero-order chi connectivity index (χ0) is 28.6. The van der Waals surface area contributed by atoms with Crippen LogP contribution in [0.3, 0.4) is 0 Å². The molecule has 0 bridgehead atoms. The number of benzene rings is 4. The largest absolute Gasteiger partial charge is 0.457 e. The van der Waals surface area contributed by atoms with E-state index in [1.165, 1.54) is 11.0 Å². The summed E-state index contributed by atoms with van der Waals surface area (Å²) in [5, 5.41) is 2.77. The second-order valence-electron chi connectivity index (χ2n) is 9.65. The number of nitrogens with one attached hydrogen (secondary N) is 1. The molecule has 0 aromatic heterocycles. The van der Waals surface area contributed by atoms with Gasteiger partial charge < -0.3 is 19.9 Å². The van der Waals surface area contributed by atoms with E-state index in [9.17, 15) is 19.2 Å². The summed E-state index contributed by atoms with van der Waals surface area (Å²) < 4.78 is 5.40. The van der Waals surface area contributed by atoms with E-state index in [-0.39, 0.29) is 49.9 Å². The zero-order valence-corrected chi connectivity index (χ0v) is 22.4. The van der Waals surface area contributed by atoms with Gasteiger partial charge in [-0.05, 0) is 41.5 Å². The molecule has 41 heavy (non-hydrogen) atoms. The molecule has 4 aromatic carbocycles. The second kappa shape index (κ2) is 12.7. The SMILES string of the molecule is O=C(OCc1ccccc1)c1cccc(NC(=O)N2CCC(=O)c3ccccc3N(Cc3ccccc3)C(=O)C2)c1. The number of ketones is 1. The van der Waals surface area contributed by atoms with Crippen LogP contribution < -0.4 is 10.2 Å². The predicted octanol–water partition coefficient (Wildman–Crippen LogP) is 5.70. The standard InChI is InChI=1S/C33H29N3O5/c37-30-18-19-35(22-31(38)36(21-24-10-3-1-4-11-24)29-17-8-7-16-28(29)30)33(40)34-27-15-9-14-26(20-27)32(39)41-23-25-12-5-2-6-13-25/h1-17,20H,18-19,21-23H2,(H,34,40). The summed E-state index contributed by atoms with van der Waals surface area (Å²) in [6.07, 6.45) is 0.0583. The Morgan fingerprint density at radius 2 is 1.46 bits per heavy atom. The molecule has 0 fully saturated rings. The first-order valence-electron chi connectivity index (χ1n) is 13.3. The van der Waals surface area contributed by atoms with E-state index < -0.39 is 12.0 Å². The Hall–Kier alpha value is -5.24. The third-order valence-corrected chi connectivity index (χ3v) is 6.76.